The maximum absolute atomic E-state index is 11.4. The highest BCUT2D eigenvalue weighted by Gasteiger charge is 1.99. The topological polar surface area (TPSA) is 61.4 Å². The second kappa shape index (κ2) is 16.2. The van der Waals surface area contributed by atoms with Gasteiger partial charge in [-0.05, 0) is 38.6 Å². The van der Waals surface area contributed by atoms with Crippen molar-refractivity contribution in [3.63, 3.8) is 0 Å². The second-order valence-electron chi connectivity index (χ2n) is 5.16. The monoisotopic (exact) mass is 284 g/mol. The van der Waals surface area contributed by atoms with Gasteiger partial charge in [-0.1, -0.05) is 31.8 Å². The van der Waals surface area contributed by atoms with E-state index in [2.05, 4.69) is 17.2 Å². The summed E-state index contributed by atoms with van der Waals surface area (Å²) in [6.45, 7) is 5.51. The van der Waals surface area contributed by atoms with Crippen LogP contribution >= 0.6 is 0 Å². The van der Waals surface area contributed by atoms with Gasteiger partial charge in [-0.25, -0.2) is 0 Å². The predicted molar refractivity (Wildman–Crippen MR) is 84.5 cm³/mol. The Morgan fingerprint density at radius 1 is 1.00 bits per heavy atom. The zero-order valence-corrected chi connectivity index (χ0v) is 12.8. The lowest BCUT2D eigenvalue weighted by molar-refractivity contribution is -0.121. The number of hydrogen-bond donors (Lipinski definition) is 3. The van der Waals surface area contributed by atoms with E-state index in [0.717, 1.165) is 45.1 Å². The molecule has 0 atom stereocenters. The number of aliphatic hydroxyl groups excluding tert-OH is 1. The molecule has 4 heteroatoms. The minimum Gasteiger partial charge on any atom is -0.396 e. The molecule has 3 N–H and O–H groups in total. The Morgan fingerprint density at radius 3 is 2.40 bits per heavy atom. The largest absolute Gasteiger partial charge is 0.396 e. The molecule has 0 aliphatic carbocycles. The third kappa shape index (κ3) is 15.2. The molecule has 0 rings (SSSR count). The molecular formula is C16H32N2O2. The summed E-state index contributed by atoms with van der Waals surface area (Å²) in [4.78, 5) is 11.4. The van der Waals surface area contributed by atoms with Crippen molar-refractivity contribution in [2.75, 3.05) is 19.8 Å². The highest BCUT2D eigenvalue weighted by molar-refractivity contribution is 5.75. The Labute approximate surface area is 124 Å². The molecule has 0 aromatic rings. The van der Waals surface area contributed by atoms with Crippen LogP contribution in [0, 0.1) is 0 Å². The van der Waals surface area contributed by atoms with Gasteiger partial charge in [-0.2, -0.15) is 0 Å². The molecule has 0 bridgehead atoms. The van der Waals surface area contributed by atoms with Crippen molar-refractivity contribution < 1.29 is 9.90 Å². The van der Waals surface area contributed by atoms with Gasteiger partial charge in [0.15, 0.2) is 0 Å². The van der Waals surface area contributed by atoms with Gasteiger partial charge in [-0.15, -0.1) is 6.58 Å². The molecule has 4 nitrogen and oxygen atoms in total. The normalized spacial score (nSPS) is 10.4. The minimum atomic E-state index is 0.130. The first kappa shape index (κ1) is 19.1. The van der Waals surface area contributed by atoms with Gasteiger partial charge in [0.25, 0.3) is 0 Å². The molecule has 0 radical (unpaired) electrons. The Morgan fingerprint density at radius 2 is 1.70 bits per heavy atom. The number of unbranched alkanes of at least 4 members (excludes halogenated alkanes) is 7. The Hall–Kier alpha value is -0.870. The smallest absolute Gasteiger partial charge is 0.220 e. The Balaban J connectivity index is 3.11. The summed E-state index contributed by atoms with van der Waals surface area (Å²) in [5, 5.41) is 14.7. The van der Waals surface area contributed by atoms with E-state index in [1.807, 2.05) is 6.08 Å². The summed E-state index contributed by atoms with van der Waals surface area (Å²) in [7, 11) is 0. The van der Waals surface area contributed by atoms with Gasteiger partial charge in [0.05, 0.1) is 6.67 Å². The molecule has 0 spiro atoms. The summed E-state index contributed by atoms with van der Waals surface area (Å²) >= 11 is 0. The Bertz CT molecular complexity index is 233. The number of amides is 1. The maximum Gasteiger partial charge on any atom is 0.220 e. The van der Waals surface area contributed by atoms with Gasteiger partial charge >= 0.3 is 0 Å². The summed E-state index contributed by atoms with van der Waals surface area (Å²) in [6.07, 6.45) is 12.3. The van der Waals surface area contributed by atoms with Crippen LogP contribution in [-0.2, 0) is 4.79 Å². The number of aliphatic hydroxyl groups is 1. The second-order valence-corrected chi connectivity index (χ2v) is 5.16. The molecule has 0 aliphatic rings. The molecule has 0 aliphatic heterocycles. The van der Waals surface area contributed by atoms with Crippen molar-refractivity contribution in [3.8, 4) is 0 Å². The maximum atomic E-state index is 11.4. The predicted octanol–water partition coefficient (Wildman–Crippen LogP) is 2.73. The third-order valence-corrected chi connectivity index (χ3v) is 3.23. The standard InChI is InChI=1S/C16H32N2O2/c1-2-3-4-9-12-16(20)18-15-17-13-10-7-5-6-8-11-14-19/h2,17,19H,1,3-15H2,(H,18,20). The molecule has 0 saturated carbocycles. The van der Waals surface area contributed by atoms with E-state index in [1.54, 1.807) is 0 Å². The number of nitrogens with one attached hydrogen (secondary N) is 2. The van der Waals surface area contributed by atoms with Crippen molar-refractivity contribution in [2.45, 2.75) is 64.2 Å². The average molecular weight is 284 g/mol. The quantitative estimate of drug-likeness (QED) is 0.246. The summed E-state index contributed by atoms with van der Waals surface area (Å²) in [5.41, 5.74) is 0. The number of carbonyl (C=O) groups excluding carboxylic acids is 1. The van der Waals surface area contributed by atoms with E-state index in [1.165, 1.54) is 19.3 Å². The van der Waals surface area contributed by atoms with Gasteiger partial charge in [-0.3, -0.25) is 10.1 Å². The molecule has 118 valence electrons. The van der Waals surface area contributed by atoms with E-state index < -0.39 is 0 Å². The van der Waals surface area contributed by atoms with Gasteiger partial charge in [0.2, 0.25) is 5.91 Å². The summed E-state index contributed by atoms with van der Waals surface area (Å²) in [5.74, 6) is 0.130. The minimum absolute atomic E-state index is 0.130. The van der Waals surface area contributed by atoms with Crippen LogP contribution in [0.15, 0.2) is 12.7 Å². The fourth-order valence-electron chi connectivity index (χ4n) is 1.98. The first-order valence-electron chi connectivity index (χ1n) is 8.00. The van der Waals surface area contributed by atoms with E-state index in [9.17, 15) is 4.79 Å². The van der Waals surface area contributed by atoms with E-state index in [4.69, 9.17) is 5.11 Å². The van der Waals surface area contributed by atoms with E-state index in [-0.39, 0.29) is 5.91 Å². The van der Waals surface area contributed by atoms with Crippen molar-refractivity contribution in [3.05, 3.63) is 12.7 Å². The van der Waals surface area contributed by atoms with Crippen molar-refractivity contribution in [1.29, 1.82) is 0 Å². The molecule has 20 heavy (non-hydrogen) atoms. The highest BCUT2D eigenvalue weighted by atomic mass is 16.2. The zero-order valence-electron chi connectivity index (χ0n) is 12.8. The zero-order chi connectivity index (χ0) is 14.9. The van der Waals surface area contributed by atoms with E-state index in [0.29, 0.717) is 19.7 Å². The van der Waals surface area contributed by atoms with Crippen molar-refractivity contribution >= 4 is 5.91 Å². The van der Waals surface area contributed by atoms with Crippen LogP contribution in [0.25, 0.3) is 0 Å². The van der Waals surface area contributed by atoms with Crippen LogP contribution in [0.1, 0.15) is 64.2 Å². The van der Waals surface area contributed by atoms with Crippen LogP contribution < -0.4 is 10.6 Å². The first-order valence-corrected chi connectivity index (χ1v) is 8.00. The number of hydrogen-bond acceptors (Lipinski definition) is 3. The molecule has 1 amide bonds. The molecular weight excluding hydrogens is 252 g/mol. The number of rotatable bonds is 15. The summed E-state index contributed by atoms with van der Waals surface area (Å²) < 4.78 is 0. The molecule has 0 aromatic heterocycles. The molecule has 0 fully saturated rings. The van der Waals surface area contributed by atoms with E-state index >= 15 is 0 Å². The van der Waals surface area contributed by atoms with Crippen molar-refractivity contribution in [1.82, 2.24) is 10.6 Å². The summed E-state index contributed by atoms with van der Waals surface area (Å²) in [6, 6.07) is 0. The highest BCUT2D eigenvalue weighted by Crippen LogP contribution is 2.04. The fraction of sp³-hybridized carbons (Fsp3) is 0.812. The van der Waals surface area contributed by atoms with Gasteiger partial charge < -0.3 is 10.4 Å². The van der Waals surface area contributed by atoms with Crippen LogP contribution in [0.3, 0.4) is 0 Å². The lowest BCUT2D eigenvalue weighted by atomic mass is 10.1. The molecule has 0 unspecified atom stereocenters. The van der Waals surface area contributed by atoms with Crippen LogP contribution in [0.4, 0.5) is 0 Å². The average Bonchev–Trinajstić information content (AvgIpc) is 2.45. The fourth-order valence-corrected chi connectivity index (χ4v) is 1.98. The third-order valence-electron chi connectivity index (χ3n) is 3.23. The van der Waals surface area contributed by atoms with Crippen LogP contribution in [-0.4, -0.2) is 30.8 Å². The number of allylic oxidation sites excluding steroid dienone is 1. The molecule has 0 aromatic carbocycles. The van der Waals surface area contributed by atoms with Crippen molar-refractivity contribution in [2.24, 2.45) is 0 Å². The SMILES string of the molecule is C=CCCCCC(=O)NCNCCCCCCCCO. The lowest BCUT2D eigenvalue weighted by Crippen LogP contribution is -2.34. The van der Waals surface area contributed by atoms with Gasteiger partial charge in [0, 0.05) is 13.0 Å². The number of carbonyl (C=O) groups is 1. The van der Waals surface area contributed by atoms with Crippen LogP contribution in [0.2, 0.25) is 0 Å². The first-order chi connectivity index (χ1) is 9.81. The Kier molecular flexibility index (Phi) is 15.5. The van der Waals surface area contributed by atoms with Gasteiger partial charge in [0.1, 0.15) is 0 Å². The molecule has 0 saturated heterocycles. The van der Waals surface area contributed by atoms with Crippen LogP contribution in [0.5, 0.6) is 0 Å². The lowest BCUT2D eigenvalue weighted by Gasteiger charge is -2.07. The molecule has 0 heterocycles.